The van der Waals surface area contributed by atoms with E-state index in [-0.39, 0.29) is 12.8 Å². The first-order valence-electron chi connectivity index (χ1n) is 7.06. The predicted octanol–water partition coefficient (Wildman–Crippen LogP) is 2.20. The van der Waals surface area contributed by atoms with Crippen LogP contribution >= 0.6 is 0 Å². The third kappa shape index (κ3) is 9.81. The quantitative estimate of drug-likeness (QED) is 0.478. The number of carbonyl (C=O) groups is 3. The van der Waals surface area contributed by atoms with Crippen LogP contribution in [0, 0.1) is 12.3 Å². The Balaban J connectivity index is 4.86. The fourth-order valence-electron chi connectivity index (χ4n) is 1.42. The van der Waals surface area contributed by atoms with Gasteiger partial charge in [0, 0.05) is 6.42 Å². The van der Waals surface area contributed by atoms with Crippen LogP contribution in [0.3, 0.4) is 0 Å². The third-order valence-electron chi connectivity index (χ3n) is 2.20. The molecule has 0 spiro atoms. The minimum absolute atomic E-state index is 0.0315. The first-order chi connectivity index (χ1) is 9.84. The molecule has 0 bridgehead atoms. The second kappa shape index (κ2) is 7.83. The van der Waals surface area contributed by atoms with Gasteiger partial charge in [-0.05, 0) is 53.9 Å². The summed E-state index contributed by atoms with van der Waals surface area (Å²) in [4.78, 5) is 35.1. The monoisotopic (exact) mass is 311 g/mol. The number of rotatable bonds is 5. The van der Waals surface area contributed by atoms with Gasteiger partial charge in [-0.1, -0.05) is 0 Å². The molecule has 0 aliphatic heterocycles. The Morgan fingerprint density at radius 1 is 1.05 bits per heavy atom. The van der Waals surface area contributed by atoms with E-state index in [0.29, 0.717) is 0 Å². The lowest BCUT2D eigenvalue weighted by Crippen LogP contribution is -2.46. The smallest absolute Gasteiger partial charge is 0.408 e. The highest BCUT2D eigenvalue weighted by molar-refractivity contribution is 5.95. The Labute approximate surface area is 131 Å². The number of nitrogens with one attached hydrogen (secondary N) is 1. The highest BCUT2D eigenvalue weighted by Crippen LogP contribution is 2.12. The molecule has 6 nitrogen and oxygen atoms in total. The van der Waals surface area contributed by atoms with Gasteiger partial charge in [-0.15, -0.1) is 6.42 Å². The Bertz CT molecular complexity index is 462. The molecule has 124 valence electrons. The van der Waals surface area contributed by atoms with Crippen molar-refractivity contribution in [3.8, 4) is 12.3 Å². The molecule has 1 N–H and O–H groups in total. The Hall–Kier alpha value is -2.03. The van der Waals surface area contributed by atoms with Gasteiger partial charge in [-0.2, -0.15) is 0 Å². The van der Waals surface area contributed by atoms with E-state index in [1.54, 1.807) is 41.5 Å². The number of esters is 1. The first kappa shape index (κ1) is 20.0. The number of terminal acetylenes is 1. The predicted molar refractivity (Wildman–Crippen MR) is 82.1 cm³/mol. The molecule has 0 aromatic heterocycles. The molecular weight excluding hydrogens is 286 g/mol. The van der Waals surface area contributed by atoms with Gasteiger partial charge in [0.1, 0.15) is 17.2 Å². The van der Waals surface area contributed by atoms with Crippen LogP contribution < -0.4 is 5.32 Å². The number of Topliss-reactive ketones (excluding diaryl/α,β-unsaturated/α-hetero) is 1. The highest BCUT2D eigenvalue weighted by atomic mass is 16.6. The second-order valence-electron chi connectivity index (χ2n) is 6.84. The number of ether oxygens (including phenoxy) is 2. The van der Waals surface area contributed by atoms with Crippen LogP contribution in [0.4, 0.5) is 4.79 Å². The Morgan fingerprint density at radius 2 is 1.55 bits per heavy atom. The van der Waals surface area contributed by atoms with Crippen LogP contribution in [-0.4, -0.2) is 35.1 Å². The van der Waals surface area contributed by atoms with Crippen molar-refractivity contribution in [2.45, 2.75) is 71.6 Å². The summed E-state index contributed by atoms with van der Waals surface area (Å²) in [7, 11) is 0. The van der Waals surface area contributed by atoms with Crippen molar-refractivity contribution in [3.05, 3.63) is 0 Å². The fraction of sp³-hybridized carbons (Fsp3) is 0.688. The standard InChI is InChI=1S/C16H25NO5/c1-8-11(18)9-10-12(13(19)21-15(2,3)4)17-14(20)22-16(5,6)7/h1,12H,9-10H2,2-7H3,(H,17,20)/t12-/m0/s1. The highest BCUT2D eigenvalue weighted by Gasteiger charge is 2.28. The molecule has 0 rings (SSSR count). The fourth-order valence-corrected chi connectivity index (χ4v) is 1.42. The maximum Gasteiger partial charge on any atom is 0.408 e. The normalized spacial score (nSPS) is 12.8. The van der Waals surface area contributed by atoms with Gasteiger partial charge in [0.25, 0.3) is 0 Å². The van der Waals surface area contributed by atoms with Crippen LogP contribution in [0.1, 0.15) is 54.4 Å². The molecule has 0 fully saturated rings. The molecule has 1 atom stereocenters. The van der Waals surface area contributed by atoms with Crippen molar-refractivity contribution in [2.75, 3.05) is 0 Å². The molecule has 6 heteroatoms. The lowest BCUT2D eigenvalue weighted by Gasteiger charge is -2.26. The molecule has 0 aliphatic rings. The van der Waals surface area contributed by atoms with Crippen LogP contribution in [0.25, 0.3) is 0 Å². The minimum atomic E-state index is -0.994. The second-order valence-corrected chi connectivity index (χ2v) is 6.84. The lowest BCUT2D eigenvalue weighted by molar-refractivity contribution is -0.157. The molecule has 0 unspecified atom stereocenters. The van der Waals surface area contributed by atoms with E-state index in [1.165, 1.54) is 0 Å². The van der Waals surface area contributed by atoms with Crippen molar-refractivity contribution in [1.82, 2.24) is 5.32 Å². The van der Waals surface area contributed by atoms with E-state index < -0.39 is 35.1 Å². The van der Waals surface area contributed by atoms with E-state index >= 15 is 0 Å². The lowest BCUT2D eigenvalue weighted by atomic mass is 10.1. The molecule has 0 heterocycles. The van der Waals surface area contributed by atoms with Crippen molar-refractivity contribution >= 4 is 17.8 Å². The van der Waals surface area contributed by atoms with Gasteiger partial charge in [0.2, 0.25) is 5.78 Å². The maximum absolute atomic E-state index is 12.1. The van der Waals surface area contributed by atoms with Gasteiger partial charge >= 0.3 is 12.1 Å². The summed E-state index contributed by atoms with van der Waals surface area (Å²) >= 11 is 0. The number of alkyl carbamates (subject to hydrolysis) is 1. The number of hydrogen-bond acceptors (Lipinski definition) is 5. The molecule has 22 heavy (non-hydrogen) atoms. The Morgan fingerprint density at radius 3 is 1.95 bits per heavy atom. The average molecular weight is 311 g/mol. The SMILES string of the molecule is C#CC(=O)CC[C@H](NC(=O)OC(C)(C)C)C(=O)OC(C)(C)C. The molecular formula is C16H25NO5. The van der Waals surface area contributed by atoms with Crippen molar-refractivity contribution in [1.29, 1.82) is 0 Å². The number of ketones is 1. The summed E-state index contributed by atoms with van der Waals surface area (Å²) < 4.78 is 10.3. The van der Waals surface area contributed by atoms with Crippen LogP contribution in [0.15, 0.2) is 0 Å². The first-order valence-corrected chi connectivity index (χ1v) is 7.06. The number of carbonyl (C=O) groups excluding carboxylic acids is 3. The topological polar surface area (TPSA) is 81.7 Å². The molecule has 0 saturated carbocycles. The molecule has 0 radical (unpaired) electrons. The van der Waals surface area contributed by atoms with E-state index in [9.17, 15) is 14.4 Å². The van der Waals surface area contributed by atoms with E-state index in [1.807, 2.05) is 5.92 Å². The summed E-state index contributed by atoms with van der Waals surface area (Å²) in [5.74, 6) is 0.883. The summed E-state index contributed by atoms with van der Waals surface area (Å²) in [6, 6.07) is -0.994. The van der Waals surface area contributed by atoms with Crippen molar-refractivity contribution < 1.29 is 23.9 Å². The van der Waals surface area contributed by atoms with E-state index in [4.69, 9.17) is 15.9 Å². The van der Waals surface area contributed by atoms with Gasteiger partial charge in [-0.25, -0.2) is 9.59 Å². The van der Waals surface area contributed by atoms with Gasteiger partial charge in [0.05, 0.1) is 0 Å². The zero-order valence-electron chi connectivity index (χ0n) is 14.1. The van der Waals surface area contributed by atoms with Crippen LogP contribution in [-0.2, 0) is 19.1 Å². The molecule has 0 aromatic rings. The van der Waals surface area contributed by atoms with Crippen LogP contribution in [0.2, 0.25) is 0 Å². The maximum atomic E-state index is 12.1. The molecule has 0 aromatic carbocycles. The van der Waals surface area contributed by atoms with Crippen LogP contribution in [0.5, 0.6) is 0 Å². The van der Waals surface area contributed by atoms with E-state index in [2.05, 4.69) is 5.32 Å². The van der Waals surface area contributed by atoms with Crippen molar-refractivity contribution in [2.24, 2.45) is 0 Å². The largest absolute Gasteiger partial charge is 0.458 e. The average Bonchev–Trinajstić information content (AvgIpc) is 2.29. The van der Waals surface area contributed by atoms with Gasteiger partial charge in [0.15, 0.2) is 0 Å². The summed E-state index contributed by atoms with van der Waals surface area (Å²) in [5, 5.41) is 2.42. The number of amides is 1. The summed E-state index contributed by atoms with van der Waals surface area (Å²) in [5.41, 5.74) is -1.40. The molecule has 1 amide bonds. The number of hydrogen-bond donors (Lipinski definition) is 1. The zero-order valence-corrected chi connectivity index (χ0v) is 14.1. The van der Waals surface area contributed by atoms with E-state index in [0.717, 1.165) is 0 Å². The zero-order chi connectivity index (χ0) is 17.6. The Kier molecular flexibility index (Phi) is 7.11. The van der Waals surface area contributed by atoms with Gasteiger partial charge < -0.3 is 14.8 Å². The van der Waals surface area contributed by atoms with Gasteiger partial charge in [-0.3, -0.25) is 4.79 Å². The molecule has 0 saturated heterocycles. The molecule has 0 aliphatic carbocycles. The third-order valence-corrected chi connectivity index (χ3v) is 2.20. The summed E-state index contributed by atoms with van der Waals surface area (Å²) in [6.45, 7) is 10.2. The summed E-state index contributed by atoms with van der Waals surface area (Å²) in [6.07, 6.45) is 4.26. The minimum Gasteiger partial charge on any atom is -0.458 e. The van der Waals surface area contributed by atoms with Crippen molar-refractivity contribution in [3.63, 3.8) is 0 Å².